The van der Waals surface area contributed by atoms with Crippen LogP contribution in [-0.4, -0.2) is 25.5 Å². The van der Waals surface area contributed by atoms with Crippen LogP contribution in [-0.2, 0) is 18.4 Å². The van der Waals surface area contributed by atoms with E-state index in [-0.39, 0.29) is 11.9 Å². The van der Waals surface area contributed by atoms with E-state index in [1.165, 1.54) is 6.20 Å². The monoisotopic (exact) mass is 309 g/mol. The molecule has 0 saturated heterocycles. The number of amides is 1. The van der Waals surface area contributed by atoms with E-state index in [2.05, 4.69) is 15.5 Å². The molecule has 1 unspecified atom stereocenters. The molecule has 114 valence electrons. The van der Waals surface area contributed by atoms with E-state index >= 15 is 0 Å². The van der Waals surface area contributed by atoms with Crippen molar-refractivity contribution in [1.82, 2.24) is 24.9 Å². The number of carbonyl (C=O) groups is 1. The Morgan fingerprint density at radius 3 is 2.67 bits per heavy atom. The van der Waals surface area contributed by atoms with Crippen molar-refractivity contribution in [2.75, 3.05) is 0 Å². The average molecular weight is 310 g/mol. The molecule has 0 bridgehead atoms. The molecule has 0 aliphatic heterocycles. The van der Waals surface area contributed by atoms with Gasteiger partial charge in [-0.15, -0.1) is 0 Å². The van der Waals surface area contributed by atoms with Crippen LogP contribution in [0.2, 0.25) is 5.02 Å². The number of rotatable bonds is 5. The molecular weight excluding hydrogens is 290 g/mol. The number of nitrogens with zero attached hydrogens (tertiary/aromatic N) is 4. The van der Waals surface area contributed by atoms with E-state index in [4.69, 9.17) is 11.6 Å². The molecule has 0 aliphatic carbocycles. The summed E-state index contributed by atoms with van der Waals surface area (Å²) in [6.07, 6.45) is 3.84. The molecule has 0 radical (unpaired) electrons. The molecule has 0 spiro atoms. The van der Waals surface area contributed by atoms with Gasteiger partial charge in [-0.1, -0.05) is 18.5 Å². The maximum Gasteiger partial charge on any atom is 0.245 e. The SMILES string of the molecule is CCC(C(=O)NCc1c(C)nn(C)c1C)n1cc(Cl)cn1. The Bertz CT molecular complexity index is 646. The Labute approximate surface area is 129 Å². The van der Waals surface area contributed by atoms with Gasteiger partial charge in [0.05, 0.1) is 16.9 Å². The van der Waals surface area contributed by atoms with Crippen molar-refractivity contribution in [3.8, 4) is 0 Å². The summed E-state index contributed by atoms with van der Waals surface area (Å²) in [6, 6.07) is -0.352. The minimum Gasteiger partial charge on any atom is -0.350 e. The fraction of sp³-hybridized carbons (Fsp3) is 0.500. The van der Waals surface area contributed by atoms with Gasteiger partial charge >= 0.3 is 0 Å². The highest BCUT2D eigenvalue weighted by molar-refractivity contribution is 6.30. The van der Waals surface area contributed by atoms with E-state index in [1.54, 1.807) is 10.9 Å². The van der Waals surface area contributed by atoms with Crippen LogP contribution < -0.4 is 5.32 Å². The Balaban J connectivity index is 2.06. The highest BCUT2D eigenvalue weighted by atomic mass is 35.5. The lowest BCUT2D eigenvalue weighted by Crippen LogP contribution is -2.32. The van der Waals surface area contributed by atoms with Crippen LogP contribution in [0.5, 0.6) is 0 Å². The third-order valence-corrected chi connectivity index (χ3v) is 3.87. The first kappa shape index (κ1) is 15.6. The van der Waals surface area contributed by atoms with Gasteiger partial charge in [-0.3, -0.25) is 14.2 Å². The number of aryl methyl sites for hydroxylation is 2. The predicted molar refractivity (Wildman–Crippen MR) is 81.1 cm³/mol. The molecule has 7 heteroatoms. The van der Waals surface area contributed by atoms with Crippen molar-refractivity contribution < 1.29 is 4.79 Å². The second kappa shape index (κ2) is 6.30. The summed E-state index contributed by atoms with van der Waals surface area (Å²) >= 11 is 5.86. The number of carbonyl (C=O) groups excluding carboxylic acids is 1. The Morgan fingerprint density at radius 2 is 2.19 bits per heavy atom. The van der Waals surface area contributed by atoms with Crippen LogP contribution >= 0.6 is 11.6 Å². The van der Waals surface area contributed by atoms with Crippen molar-refractivity contribution in [3.05, 3.63) is 34.4 Å². The van der Waals surface area contributed by atoms with Gasteiger partial charge < -0.3 is 5.32 Å². The third kappa shape index (κ3) is 3.26. The zero-order valence-corrected chi connectivity index (χ0v) is 13.5. The largest absolute Gasteiger partial charge is 0.350 e. The van der Waals surface area contributed by atoms with Crippen LogP contribution in [0.15, 0.2) is 12.4 Å². The first-order valence-corrected chi connectivity index (χ1v) is 7.28. The standard InChI is InChI=1S/C14H20ClN5O/c1-5-13(20-8-11(15)6-17-20)14(21)16-7-12-9(2)18-19(4)10(12)3/h6,8,13H,5,7H2,1-4H3,(H,16,21). The summed E-state index contributed by atoms with van der Waals surface area (Å²) in [5, 5.41) is 11.9. The normalized spacial score (nSPS) is 12.4. The molecule has 2 heterocycles. The third-order valence-electron chi connectivity index (χ3n) is 3.68. The molecular formula is C14H20ClN5O. The molecule has 1 N–H and O–H groups in total. The summed E-state index contributed by atoms with van der Waals surface area (Å²) < 4.78 is 3.42. The maximum atomic E-state index is 12.3. The van der Waals surface area contributed by atoms with Crippen molar-refractivity contribution >= 4 is 17.5 Å². The van der Waals surface area contributed by atoms with E-state index in [0.29, 0.717) is 18.0 Å². The Hall–Kier alpha value is -1.82. The first-order chi connectivity index (χ1) is 9.93. The van der Waals surface area contributed by atoms with Crippen molar-refractivity contribution in [2.24, 2.45) is 7.05 Å². The fourth-order valence-corrected chi connectivity index (χ4v) is 2.49. The number of aromatic nitrogens is 4. The van der Waals surface area contributed by atoms with Gasteiger partial charge in [0, 0.05) is 31.0 Å². The van der Waals surface area contributed by atoms with Crippen LogP contribution in [0.25, 0.3) is 0 Å². The Kier molecular flexibility index (Phi) is 4.67. The molecule has 1 atom stereocenters. The lowest BCUT2D eigenvalue weighted by atomic mass is 10.1. The van der Waals surface area contributed by atoms with Crippen LogP contribution in [0.3, 0.4) is 0 Å². The molecule has 2 aromatic rings. The molecule has 2 aromatic heterocycles. The second-order valence-corrected chi connectivity index (χ2v) is 5.49. The molecule has 2 rings (SSSR count). The zero-order chi connectivity index (χ0) is 15.6. The van der Waals surface area contributed by atoms with Gasteiger partial charge in [-0.2, -0.15) is 10.2 Å². The predicted octanol–water partition coefficient (Wildman–Crippen LogP) is 2.15. The van der Waals surface area contributed by atoms with Gasteiger partial charge in [0.1, 0.15) is 6.04 Å². The van der Waals surface area contributed by atoms with Crippen LogP contribution in [0, 0.1) is 13.8 Å². The van der Waals surface area contributed by atoms with E-state index in [1.807, 2.05) is 32.5 Å². The lowest BCUT2D eigenvalue weighted by Gasteiger charge is -2.15. The van der Waals surface area contributed by atoms with E-state index in [0.717, 1.165) is 17.0 Å². The van der Waals surface area contributed by atoms with Gasteiger partial charge in [0.15, 0.2) is 0 Å². The molecule has 0 fully saturated rings. The highest BCUT2D eigenvalue weighted by Gasteiger charge is 2.20. The zero-order valence-electron chi connectivity index (χ0n) is 12.7. The fourth-order valence-electron chi connectivity index (χ4n) is 2.34. The summed E-state index contributed by atoms with van der Waals surface area (Å²) in [7, 11) is 1.90. The number of hydrogen-bond acceptors (Lipinski definition) is 3. The van der Waals surface area contributed by atoms with Crippen molar-refractivity contribution in [2.45, 2.75) is 39.8 Å². The van der Waals surface area contributed by atoms with Crippen LogP contribution in [0.1, 0.15) is 36.3 Å². The molecule has 0 saturated carbocycles. The molecule has 6 nitrogen and oxygen atoms in total. The summed E-state index contributed by atoms with van der Waals surface area (Å²) in [4.78, 5) is 12.3. The van der Waals surface area contributed by atoms with Crippen molar-refractivity contribution in [1.29, 1.82) is 0 Å². The molecule has 0 aliphatic rings. The van der Waals surface area contributed by atoms with Crippen molar-refractivity contribution in [3.63, 3.8) is 0 Å². The smallest absolute Gasteiger partial charge is 0.245 e. The molecule has 1 amide bonds. The van der Waals surface area contributed by atoms with Crippen LogP contribution in [0.4, 0.5) is 0 Å². The highest BCUT2D eigenvalue weighted by Crippen LogP contribution is 2.16. The molecule has 21 heavy (non-hydrogen) atoms. The topological polar surface area (TPSA) is 64.7 Å². The number of halogens is 1. The first-order valence-electron chi connectivity index (χ1n) is 6.90. The quantitative estimate of drug-likeness (QED) is 0.920. The second-order valence-electron chi connectivity index (χ2n) is 5.05. The number of hydrogen-bond donors (Lipinski definition) is 1. The minimum absolute atomic E-state index is 0.0695. The van der Waals surface area contributed by atoms with E-state index < -0.39 is 0 Å². The molecule has 0 aromatic carbocycles. The summed E-state index contributed by atoms with van der Waals surface area (Å²) in [6.45, 7) is 6.35. The average Bonchev–Trinajstić information content (AvgIpc) is 2.94. The maximum absolute atomic E-state index is 12.3. The van der Waals surface area contributed by atoms with Gasteiger partial charge in [-0.25, -0.2) is 0 Å². The Morgan fingerprint density at radius 1 is 1.48 bits per heavy atom. The van der Waals surface area contributed by atoms with E-state index in [9.17, 15) is 4.79 Å². The summed E-state index contributed by atoms with van der Waals surface area (Å²) in [5.74, 6) is -0.0695. The van der Waals surface area contributed by atoms with Gasteiger partial charge in [0.25, 0.3) is 0 Å². The van der Waals surface area contributed by atoms with Gasteiger partial charge in [-0.05, 0) is 20.3 Å². The lowest BCUT2D eigenvalue weighted by molar-refractivity contribution is -0.124. The summed E-state index contributed by atoms with van der Waals surface area (Å²) in [5.41, 5.74) is 3.05. The van der Waals surface area contributed by atoms with Gasteiger partial charge in [0.2, 0.25) is 5.91 Å². The minimum atomic E-state index is -0.352. The number of nitrogens with one attached hydrogen (secondary N) is 1.